The molecule has 1 saturated carbocycles. The molecule has 84 valence electrons. The van der Waals surface area contributed by atoms with Gasteiger partial charge in [0.15, 0.2) is 0 Å². The predicted molar refractivity (Wildman–Crippen MR) is 60.5 cm³/mol. The van der Waals surface area contributed by atoms with Crippen LogP contribution in [-0.2, 0) is 4.74 Å². The average molecular weight is 199 g/mol. The van der Waals surface area contributed by atoms with Crippen molar-refractivity contribution in [1.82, 2.24) is 5.32 Å². The van der Waals surface area contributed by atoms with Gasteiger partial charge in [-0.1, -0.05) is 27.2 Å². The molecule has 0 saturated heterocycles. The van der Waals surface area contributed by atoms with Crippen LogP contribution < -0.4 is 5.32 Å². The van der Waals surface area contributed by atoms with Crippen LogP contribution in [0.2, 0.25) is 0 Å². The van der Waals surface area contributed by atoms with Crippen molar-refractivity contribution >= 4 is 0 Å². The molecule has 0 heterocycles. The second-order valence-electron chi connectivity index (χ2n) is 5.12. The molecule has 3 atom stereocenters. The van der Waals surface area contributed by atoms with Gasteiger partial charge >= 0.3 is 0 Å². The summed E-state index contributed by atoms with van der Waals surface area (Å²) in [6.45, 7) is 8.98. The molecule has 0 spiro atoms. The molecule has 2 nitrogen and oxygen atoms in total. The SMILES string of the molecule is CCCC(C)OC1CC(NC)C1(C)C. The van der Waals surface area contributed by atoms with Gasteiger partial charge in [0.1, 0.15) is 0 Å². The molecule has 0 amide bonds. The Morgan fingerprint density at radius 2 is 2.14 bits per heavy atom. The molecule has 0 aromatic carbocycles. The van der Waals surface area contributed by atoms with Crippen molar-refractivity contribution in [3.63, 3.8) is 0 Å². The Morgan fingerprint density at radius 3 is 2.57 bits per heavy atom. The quantitative estimate of drug-likeness (QED) is 0.735. The topological polar surface area (TPSA) is 21.3 Å². The van der Waals surface area contributed by atoms with Crippen molar-refractivity contribution in [2.75, 3.05) is 7.05 Å². The number of nitrogens with one attached hydrogen (secondary N) is 1. The first-order valence-electron chi connectivity index (χ1n) is 5.85. The Hall–Kier alpha value is -0.0800. The molecule has 1 N–H and O–H groups in total. The smallest absolute Gasteiger partial charge is 0.0659 e. The molecule has 0 bridgehead atoms. The maximum Gasteiger partial charge on any atom is 0.0659 e. The van der Waals surface area contributed by atoms with E-state index in [-0.39, 0.29) is 0 Å². The van der Waals surface area contributed by atoms with E-state index in [4.69, 9.17) is 4.74 Å². The molecule has 1 aliphatic carbocycles. The van der Waals surface area contributed by atoms with Crippen molar-refractivity contribution in [3.05, 3.63) is 0 Å². The highest BCUT2D eigenvalue weighted by molar-refractivity contribution is 5.02. The van der Waals surface area contributed by atoms with Crippen molar-refractivity contribution in [3.8, 4) is 0 Å². The highest BCUT2D eigenvalue weighted by atomic mass is 16.5. The Morgan fingerprint density at radius 1 is 1.50 bits per heavy atom. The van der Waals surface area contributed by atoms with E-state index in [1.807, 2.05) is 7.05 Å². The molecule has 1 fully saturated rings. The molecule has 0 aliphatic heterocycles. The molecular weight excluding hydrogens is 174 g/mol. The van der Waals surface area contributed by atoms with Crippen molar-refractivity contribution in [1.29, 1.82) is 0 Å². The molecule has 1 rings (SSSR count). The van der Waals surface area contributed by atoms with Crippen LogP contribution in [0.4, 0.5) is 0 Å². The normalized spacial score (nSPS) is 32.4. The summed E-state index contributed by atoms with van der Waals surface area (Å²) in [5.41, 5.74) is 0.302. The maximum atomic E-state index is 6.03. The van der Waals surface area contributed by atoms with E-state index >= 15 is 0 Å². The third-order valence-corrected chi connectivity index (χ3v) is 3.62. The third-order valence-electron chi connectivity index (χ3n) is 3.62. The highest BCUT2D eigenvalue weighted by Gasteiger charge is 2.48. The third kappa shape index (κ3) is 2.29. The summed E-state index contributed by atoms with van der Waals surface area (Å²) in [5.74, 6) is 0. The van der Waals surface area contributed by atoms with Crippen LogP contribution in [-0.4, -0.2) is 25.3 Å². The molecule has 0 radical (unpaired) electrons. The van der Waals surface area contributed by atoms with Crippen molar-refractivity contribution in [2.45, 2.75) is 65.2 Å². The fraction of sp³-hybridized carbons (Fsp3) is 1.00. The van der Waals surface area contributed by atoms with Crippen LogP contribution in [0.25, 0.3) is 0 Å². The fourth-order valence-electron chi connectivity index (χ4n) is 2.36. The monoisotopic (exact) mass is 199 g/mol. The van der Waals surface area contributed by atoms with Crippen molar-refractivity contribution in [2.24, 2.45) is 5.41 Å². The van der Waals surface area contributed by atoms with E-state index in [1.165, 1.54) is 12.8 Å². The predicted octanol–water partition coefficient (Wildman–Crippen LogP) is 2.58. The molecule has 3 unspecified atom stereocenters. The lowest BCUT2D eigenvalue weighted by Gasteiger charge is -2.52. The Labute approximate surface area is 88.4 Å². The van der Waals surface area contributed by atoms with Gasteiger partial charge in [0.05, 0.1) is 12.2 Å². The van der Waals surface area contributed by atoms with Gasteiger partial charge in [0, 0.05) is 11.5 Å². The summed E-state index contributed by atoms with van der Waals surface area (Å²) in [6, 6.07) is 0.626. The number of rotatable bonds is 5. The molecular formula is C12H25NO. The van der Waals surface area contributed by atoms with Gasteiger partial charge in [0.25, 0.3) is 0 Å². The van der Waals surface area contributed by atoms with Crippen LogP contribution in [0.1, 0.15) is 47.0 Å². The Balaban J connectivity index is 2.35. The molecule has 14 heavy (non-hydrogen) atoms. The van der Waals surface area contributed by atoms with Crippen LogP contribution in [0.5, 0.6) is 0 Å². The number of hydrogen-bond donors (Lipinski definition) is 1. The number of hydrogen-bond acceptors (Lipinski definition) is 2. The van der Waals surface area contributed by atoms with Gasteiger partial charge in [-0.05, 0) is 26.8 Å². The van der Waals surface area contributed by atoms with Gasteiger partial charge in [0.2, 0.25) is 0 Å². The van der Waals surface area contributed by atoms with Gasteiger partial charge in [-0.25, -0.2) is 0 Å². The fourth-order valence-corrected chi connectivity index (χ4v) is 2.36. The van der Waals surface area contributed by atoms with Crippen LogP contribution in [0.15, 0.2) is 0 Å². The lowest BCUT2D eigenvalue weighted by Crippen LogP contribution is -2.60. The minimum absolute atomic E-state index is 0.302. The molecule has 0 aromatic rings. The first-order valence-corrected chi connectivity index (χ1v) is 5.85. The zero-order valence-electron chi connectivity index (χ0n) is 10.3. The van der Waals surface area contributed by atoms with Crippen molar-refractivity contribution < 1.29 is 4.74 Å². The van der Waals surface area contributed by atoms with Gasteiger partial charge < -0.3 is 10.1 Å². The molecule has 0 aromatic heterocycles. The summed E-state index contributed by atoms with van der Waals surface area (Å²) in [7, 11) is 2.04. The van der Waals surface area contributed by atoms with E-state index < -0.39 is 0 Å². The Kier molecular flexibility index (Phi) is 3.96. The molecule has 2 heteroatoms. The van der Waals surface area contributed by atoms with E-state index in [2.05, 4.69) is 33.0 Å². The van der Waals surface area contributed by atoms with Gasteiger partial charge in [-0.3, -0.25) is 0 Å². The standard InChI is InChI=1S/C12H25NO/c1-6-7-9(2)14-11-8-10(13-5)12(11,3)4/h9-11,13H,6-8H2,1-5H3. The zero-order valence-corrected chi connectivity index (χ0v) is 10.3. The Bertz CT molecular complexity index is 179. The largest absolute Gasteiger partial charge is 0.375 e. The molecule has 1 aliphatic rings. The minimum atomic E-state index is 0.302. The first-order chi connectivity index (χ1) is 6.52. The highest BCUT2D eigenvalue weighted by Crippen LogP contribution is 2.43. The number of ether oxygens (including phenoxy) is 1. The summed E-state index contributed by atoms with van der Waals surface area (Å²) < 4.78 is 6.03. The van der Waals surface area contributed by atoms with Gasteiger partial charge in [-0.2, -0.15) is 0 Å². The summed E-state index contributed by atoms with van der Waals surface area (Å²) in [4.78, 5) is 0. The second-order valence-corrected chi connectivity index (χ2v) is 5.12. The van der Waals surface area contributed by atoms with Crippen LogP contribution >= 0.6 is 0 Å². The van der Waals surface area contributed by atoms with E-state index in [0.717, 1.165) is 6.42 Å². The van der Waals surface area contributed by atoms with Crippen LogP contribution in [0, 0.1) is 5.41 Å². The van der Waals surface area contributed by atoms with E-state index in [9.17, 15) is 0 Å². The van der Waals surface area contributed by atoms with Crippen LogP contribution in [0.3, 0.4) is 0 Å². The lowest BCUT2D eigenvalue weighted by atomic mass is 9.64. The average Bonchev–Trinajstić information content (AvgIpc) is 2.12. The maximum absolute atomic E-state index is 6.03. The zero-order chi connectivity index (χ0) is 10.8. The first kappa shape index (κ1) is 12.0. The van der Waals surface area contributed by atoms with Gasteiger partial charge in [-0.15, -0.1) is 0 Å². The summed E-state index contributed by atoms with van der Waals surface area (Å²) in [6.07, 6.45) is 4.42. The summed E-state index contributed by atoms with van der Waals surface area (Å²) in [5, 5.41) is 3.35. The van der Waals surface area contributed by atoms with E-state index in [1.54, 1.807) is 0 Å². The van der Waals surface area contributed by atoms with E-state index in [0.29, 0.717) is 23.7 Å². The summed E-state index contributed by atoms with van der Waals surface area (Å²) >= 11 is 0. The lowest BCUT2D eigenvalue weighted by molar-refractivity contribution is -0.143. The minimum Gasteiger partial charge on any atom is -0.375 e. The second kappa shape index (κ2) is 4.63.